The van der Waals surface area contributed by atoms with Crippen molar-refractivity contribution in [2.24, 2.45) is 0 Å². The van der Waals surface area contributed by atoms with Crippen LogP contribution in [0.15, 0.2) is 30.5 Å². The molecule has 0 aliphatic rings. The Labute approximate surface area is 132 Å². The SMILES string of the molecule is CSC[C@](C)(O)CNC(=O)c1ccc(Cl)c2cccnc12. The molecule has 0 saturated carbocycles. The number of nitrogens with one attached hydrogen (secondary N) is 1. The molecule has 0 aliphatic heterocycles. The standard InChI is InChI=1S/C15H17ClN2O2S/c1-15(20,9-21-2)8-18-14(19)11-5-6-12(16)10-4-3-7-17-13(10)11/h3-7,20H,8-9H2,1-2H3,(H,18,19)/t15-/m1/s1. The van der Waals surface area contributed by atoms with Crippen molar-refractivity contribution in [3.8, 4) is 0 Å². The summed E-state index contributed by atoms with van der Waals surface area (Å²) < 4.78 is 0. The number of aliphatic hydroxyl groups is 1. The van der Waals surface area contributed by atoms with Crippen molar-refractivity contribution in [3.63, 3.8) is 0 Å². The second-order valence-corrected chi connectivity index (χ2v) is 6.38. The predicted octanol–water partition coefficient (Wildman–Crippen LogP) is 2.73. The summed E-state index contributed by atoms with van der Waals surface area (Å²) in [5.41, 5.74) is 0.0760. The van der Waals surface area contributed by atoms with Crippen LogP contribution >= 0.6 is 23.4 Å². The van der Waals surface area contributed by atoms with Crippen LogP contribution in [-0.2, 0) is 0 Å². The number of aromatic nitrogens is 1. The minimum atomic E-state index is -0.940. The van der Waals surface area contributed by atoms with Gasteiger partial charge in [-0.3, -0.25) is 9.78 Å². The fourth-order valence-corrected chi connectivity index (χ4v) is 2.99. The Morgan fingerprint density at radius 1 is 1.48 bits per heavy atom. The van der Waals surface area contributed by atoms with Crippen molar-refractivity contribution < 1.29 is 9.90 Å². The van der Waals surface area contributed by atoms with Crippen molar-refractivity contribution in [3.05, 3.63) is 41.0 Å². The van der Waals surface area contributed by atoms with Crippen molar-refractivity contribution in [2.45, 2.75) is 12.5 Å². The lowest BCUT2D eigenvalue weighted by molar-refractivity contribution is 0.0726. The zero-order valence-corrected chi connectivity index (χ0v) is 13.5. The molecule has 6 heteroatoms. The molecular weight excluding hydrogens is 308 g/mol. The third-order valence-electron chi connectivity index (χ3n) is 3.05. The van der Waals surface area contributed by atoms with Crippen molar-refractivity contribution in [1.29, 1.82) is 0 Å². The van der Waals surface area contributed by atoms with E-state index in [4.69, 9.17) is 11.6 Å². The number of carbonyl (C=O) groups is 1. The zero-order valence-electron chi connectivity index (χ0n) is 11.9. The highest BCUT2D eigenvalue weighted by Gasteiger charge is 2.21. The Kier molecular flexibility index (Phi) is 5.08. The van der Waals surface area contributed by atoms with E-state index in [1.807, 2.05) is 12.3 Å². The van der Waals surface area contributed by atoms with Gasteiger partial charge in [0.2, 0.25) is 0 Å². The molecule has 2 N–H and O–H groups in total. The second kappa shape index (κ2) is 6.64. The van der Waals surface area contributed by atoms with Crippen LogP contribution in [0.3, 0.4) is 0 Å². The third-order valence-corrected chi connectivity index (χ3v) is 4.29. The summed E-state index contributed by atoms with van der Waals surface area (Å²) in [6.07, 6.45) is 3.53. The van der Waals surface area contributed by atoms with Gasteiger partial charge in [0.05, 0.1) is 21.7 Å². The van der Waals surface area contributed by atoms with E-state index in [2.05, 4.69) is 10.3 Å². The highest BCUT2D eigenvalue weighted by Crippen LogP contribution is 2.24. The van der Waals surface area contributed by atoms with Crippen LogP contribution in [0.25, 0.3) is 10.9 Å². The average Bonchev–Trinajstić information content (AvgIpc) is 2.46. The van der Waals surface area contributed by atoms with Gasteiger partial charge in [0.15, 0.2) is 0 Å². The highest BCUT2D eigenvalue weighted by atomic mass is 35.5. The number of pyridine rings is 1. The summed E-state index contributed by atoms with van der Waals surface area (Å²) in [6.45, 7) is 1.88. The number of benzene rings is 1. The summed E-state index contributed by atoms with van der Waals surface area (Å²) in [7, 11) is 0. The lowest BCUT2D eigenvalue weighted by Gasteiger charge is -2.22. The molecule has 1 aromatic heterocycles. The van der Waals surface area contributed by atoms with E-state index in [1.165, 1.54) is 11.8 Å². The third kappa shape index (κ3) is 3.87. The van der Waals surface area contributed by atoms with Crippen molar-refractivity contribution >= 4 is 40.2 Å². The summed E-state index contributed by atoms with van der Waals surface area (Å²) in [5.74, 6) is 0.282. The molecule has 0 spiro atoms. The molecule has 0 bridgehead atoms. The highest BCUT2D eigenvalue weighted by molar-refractivity contribution is 7.98. The largest absolute Gasteiger partial charge is 0.387 e. The second-order valence-electron chi connectivity index (χ2n) is 5.11. The summed E-state index contributed by atoms with van der Waals surface area (Å²) in [5, 5.41) is 14.1. The number of thioether (sulfide) groups is 1. The number of carbonyl (C=O) groups excluding carboxylic acids is 1. The van der Waals surface area contributed by atoms with Gasteiger partial charge in [-0.2, -0.15) is 11.8 Å². The number of nitrogens with zero attached hydrogens (tertiary/aromatic N) is 1. The van der Waals surface area contributed by atoms with E-state index in [-0.39, 0.29) is 12.5 Å². The van der Waals surface area contributed by atoms with Gasteiger partial charge in [-0.1, -0.05) is 11.6 Å². The van der Waals surface area contributed by atoms with Crippen LogP contribution in [0.1, 0.15) is 17.3 Å². The van der Waals surface area contributed by atoms with Crippen LogP contribution in [0.5, 0.6) is 0 Å². The van der Waals surface area contributed by atoms with Gasteiger partial charge in [-0.25, -0.2) is 0 Å². The zero-order chi connectivity index (χ0) is 15.5. The Bertz CT molecular complexity index is 661. The average molecular weight is 325 g/mol. The van der Waals surface area contributed by atoms with Gasteiger partial charge >= 0.3 is 0 Å². The van der Waals surface area contributed by atoms with Gasteiger partial charge in [0.1, 0.15) is 0 Å². The molecule has 112 valence electrons. The topological polar surface area (TPSA) is 62.2 Å². The first-order valence-electron chi connectivity index (χ1n) is 6.47. The fraction of sp³-hybridized carbons (Fsp3) is 0.333. The summed E-state index contributed by atoms with van der Waals surface area (Å²) in [6, 6.07) is 6.93. The molecule has 0 fully saturated rings. The van der Waals surface area contributed by atoms with Gasteiger partial charge in [-0.15, -0.1) is 0 Å². The number of halogens is 1. The molecule has 2 rings (SSSR count). The van der Waals surface area contributed by atoms with Crippen LogP contribution in [0.4, 0.5) is 0 Å². The van der Waals surface area contributed by atoms with Crippen LogP contribution in [-0.4, -0.2) is 40.2 Å². The van der Waals surface area contributed by atoms with Gasteiger partial charge in [-0.05, 0) is 37.4 Å². The fourth-order valence-electron chi connectivity index (χ4n) is 2.05. The molecule has 2 aromatic rings. The number of amides is 1. The first-order valence-corrected chi connectivity index (χ1v) is 8.24. The number of hydrogen-bond acceptors (Lipinski definition) is 4. The first kappa shape index (κ1) is 16.1. The lowest BCUT2D eigenvalue weighted by Crippen LogP contribution is -2.42. The van der Waals surface area contributed by atoms with E-state index in [0.717, 1.165) is 5.39 Å². The molecule has 1 amide bonds. The van der Waals surface area contributed by atoms with Gasteiger partial charge in [0.25, 0.3) is 5.91 Å². The number of rotatable bonds is 5. The molecule has 1 aromatic carbocycles. The Morgan fingerprint density at radius 3 is 2.95 bits per heavy atom. The smallest absolute Gasteiger partial charge is 0.253 e. The Morgan fingerprint density at radius 2 is 2.24 bits per heavy atom. The minimum absolute atomic E-state index is 0.184. The summed E-state index contributed by atoms with van der Waals surface area (Å²) in [4.78, 5) is 16.5. The quantitative estimate of drug-likeness (QED) is 0.887. The Hall–Kier alpha value is -1.30. The molecule has 21 heavy (non-hydrogen) atoms. The molecule has 0 aliphatic carbocycles. The molecule has 0 saturated heterocycles. The first-order chi connectivity index (χ1) is 9.94. The molecule has 0 unspecified atom stereocenters. The summed E-state index contributed by atoms with van der Waals surface area (Å²) >= 11 is 7.64. The van der Waals surface area contributed by atoms with E-state index in [9.17, 15) is 9.90 Å². The lowest BCUT2D eigenvalue weighted by atomic mass is 10.1. The molecule has 1 atom stereocenters. The molecule has 4 nitrogen and oxygen atoms in total. The normalized spacial score (nSPS) is 13.9. The maximum absolute atomic E-state index is 12.3. The van der Waals surface area contributed by atoms with E-state index in [1.54, 1.807) is 31.3 Å². The van der Waals surface area contributed by atoms with Crippen molar-refractivity contribution in [1.82, 2.24) is 10.3 Å². The molecule has 1 heterocycles. The maximum Gasteiger partial charge on any atom is 0.253 e. The number of fused-ring (bicyclic) bond motifs is 1. The van der Waals surface area contributed by atoms with E-state index >= 15 is 0 Å². The van der Waals surface area contributed by atoms with Crippen molar-refractivity contribution in [2.75, 3.05) is 18.6 Å². The number of hydrogen-bond donors (Lipinski definition) is 2. The Balaban J connectivity index is 2.23. The van der Waals surface area contributed by atoms with Crippen LogP contribution in [0, 0.1) is 0 Å². The molecular formula is C15H17ClN2O2S. The van der Waals surface area contributed by atoms with E-state index in [0.29, 0.717) is 21.9 Å². The monoisotopic (exact) mass is 324 g/mol. The minimum Gasteiger partial charge on any atom is -0.387 e. The predicted molar refractivity (Wildman–Crippen MR) is 88.1 cm³/mol. The van der Waals surface area contributed by atoms with Gasteiger partial charge in [0, 0.05) is 23.9 Å². The van der Waals surface area contributed by atoms with Crippen LogP contribution < -0.4 is 5.32 Å². The molecule has 0 radical (unpaired) electrons. The van der Waals surface area contributed by atoms with E-state index < -0.39 is 5.60 Å². The maximum atomic E-state index is 12.3. The van der Waals surface area contributed by atoms with Crippen LogP contribution in [0.2, 0.25) is 5.02 Å². The van der Waals surface area contributed by atoms with Gasteiger partial charge < -0.3 is 10.4 Å².